The third-order valence-electron chi connectivity index (χ3n) is 4.50. The Kier molecular flexibility index (Phi) is 4.08. The van der Waals surface area contributed by atoms with Crippen LogP contribution in [0.15, 0.2) is 59.4 Å². The van der Waals surface area contributed by atoms with E-state index in [0.717, 1.165) is 22.0 Å². The van der Waals surface area contributed by atoms with Crippen LogP contribution in [0.25, 0.3) is 21.7 Å². The first-order valence-corrected chi connectivity index (χ1v) is 8.51. The van der Waals surface area contributed by atoms with Crippen molar-refractivity contribution in [3.05, 3.63) is 81.9 Å². The lowest BCUT2D eigenvalue weighted by Crippen LogP contribution is -2.10. The summed E-state index contributed by atoms with van der Waals surface area (Å²) in [6.07, 6.45) is 0. The number of carboxylic acid groups (broad SMARTS) is 1. The molecule has 0 bridgehead atoms. The standard InChI is InChI=1S/C21H17N3O3/c1-12-23-18-9-6-14-3-2-13(10-17(14)19(18)20(25)24-12)11-22-16-7-4-15(5-8-16)21(26)27/h2-10,22H,11H2,1H3,(H,26,27)(H,23,24,25). The lowest BCUT2D eigenvalue weighted by atomic mass is 10.0. The second kappa shape index (κ2) is 6.57. The topological polar surface area (TPSA) is 95.1 Å². The van der Waals surface area contributed by atoms with Gasteiger partial charge in [-0.05, 0) is 59.7 Å². The largest absolute Gasteiger partial charge is 0.478 e. The van der Waals surface area contributed by atoms with Crippen LogP contribution in [0, 0.1) is 6.92 Å². The molecule has 1 aromatic heterocycles. The van der Waals surface area contributed by atoms with Gasteiger partial charge in [-0.1, -0.05) is 18.2 Å². The number of aromatic amines is 1. The maximum absolute atomic E-state index is 12.4. The molecule has 4 aromatic rings. The average molecular weight is 359 g/mol. The maximum Gasteiger partial charge on any atom is 0.335 e. The van der Waals surface area contributed by atoms with Gasteiger partial charge in [-0.3, -0.25) is 4.79 Å². The minimum atomic E-state index is -0.947. The molecule has 0 atom stereocenters. The number of nitrogens with one attached hydrogen (secondary N) is 2. The Morgan fingerprint density at radius 3 is 2.59 bits per heavy atom. The smallest absolute Gasteiger partial charge is 0.335 e. The summed E-state index contributed by atoms with van der Waals surface area (Å²) in [5, 5.41) is 14.7. The number of H-pyrrole nitrogens is 1. The van der Waals surface area contributed by atoms with E-state index >= 15 is 0 Å². The van der Waals surface area contributed by atoms with Crippen molar-refractivity contribution in [3.63, 3.8) is 0 Å². The molecule has 3 aromatic carbocycles. The highest BCUT2D eigenvalue weighted by atomic mass is 16.4. The van der Waals surface area contributed by atoms with Crippen molar-refractivity contribution in [2.24, 2.45) is 0 Å². The third kappa shape index (κ3) is 3.25. The molecule has 0 saturated carbocycles. The number of aromatic carboxylic acids is 1. The number of aryl methyl sites for hydroxylation is 1. The van der Waals surface area contributed by atoms with Gasteiger partial charge < -0.3 is 15.4 Å². The van der Waals surface area contributed by atoms with Gasteiger partial charge >= 0.3 is 5.97 Å². The van der Waals surface area contributed by atoms with Crippen LogP contribution in [0.3, 0.4) is 0 Å². The molecule has 1 heterocycles. The third-order valence-corrected chi connectivity index (χ3v) is 4.50. The Labute approximate surface area is 154 Å². The molecule has 27 heavy (non-hydrogen) atoms. The van der Waals surface area contributed by atoms with Crippen LogP contribution in [0.1, 0.15) is 21.7 Å². The zero-order valence-corrected chi connectivity index (χ0v) is 14.6. The van der Waals surface area contributed by atoms with E-state index in [9.17, 15) is 9.59 Å². The molecule has 4 rings (SSSR count). The quantitative estimate of drug-likeness (QED) is 0.483. The van der Waals surface area contributed by atoms with Crippen molar-refractivity contribution in [1.29, 1.82) is 0 Å². The number of aromatic nitrogens is 2. The molecular formula is C21H17N3O3. The first-order chi connectivity index (χ1) is 13.0. The number of hydrogen-bond acceptors (Lipinski definition) is 4. The summed E-state index contributed by atoms with van der Waals surface area (Å²) in [4.78, 5) is 30.5. The summed E-state index contributed by atoms with van der Waals surface area (Å²) >= 11 is 0. The SMILES string of the molecule is Cc1nc2ccc3ccc(CNc4ccc(C(=O)O)cc4)cc3c2c(=O)[nH]1. The van der Waals surface area contributed by atoms with Crippen molar-refractivity contribution in [3.8, 4) is 0 Å². The Hall–Kier alpha value is -3.67. The zero-order valence-electron chi connectivity index (χ0n) is 14.6. The predicted octanol–water partition coefficient (Wildman–Crippen LogP) is 3.70. The second-order valence-electron chi connectivity index (χ2n) is 6.40. The summed E-state index contributed by atoms with van der Waals surface area (Å²) in [6, 6.07) is 16.4. The second-order valence-corrected chi connectivity index (χ2v) is 6.40. The van der Waals surface area contributed by atoms with Gasteiger partial charge in [0.05, 0.1) is 16.5 Å². The summed E-state index contributed by atoms with van der Waals surface area (Å²) in [5.41, 5.74) is 2.63. The highest BCUT2D eigenvalue weighted by Crippen LogP contribution is 2.23. The van der Waals surface area contributed by atoms with Gasteiger partial charge in [0.1, 0.15) is 5.82 Å². The van der Waals surface area contributed by atoms with E-state index in [1.54, 1.807) is 31.2 Å². The molecule has 0 aliphatic heterocycles. The minimum Gasteiger partial charge on any atom is -0.478 e. The fourth-order valence-corrected chi connectivity index (χ4v) is 3.17. The van der Waals surface area contributed by atoms with E-state index in [0.29, 0.717) is 23.3 Å². The van der Waals surface area contributed by atoms with E-state index in [4.69, 9.17) is 5.11 Å². The number of hydrogen-bond donors (Lipinski definition) is 3. The van der Waals surface area contributed by atoms with Gasteiger partial charge in [-0.25, -0.2) is 9.78 Å². The molecule has 3 N–H and O–H groups in total. The van der Waals surface area contributed by atoms with E-state index in [-0.39, 0.29) is 11.1 Å². The number of anilines is 1. The van der Waals surface area contributed by atoms with Gasteiger partial charge in [0.2, 0.25) is 0 Å². The average Bonchev–Trinajstić information content (AvgIpc) is 2.65. The normalized spacial score (nSPS) is 11.0. The molecule has 134 valence electrons. The molecule has 0 fully saturated rings. The molecule has 0 unspecified atom stereocenters. The summed E-state index contributed by atoms with van der Waals surface area (Å²) in [6.45, 7) is 2.32. The molecule has 0 amide bonds. The Balaban J connectivity index is 1.67. The first-order valence-electron chi connectivity index (χ1n) is 8.51. The maximum atomic E-state index is 12.4. The lowest BCUT2D eigenvalue weighted by molar-refractivity contribution is 0.0697. The lowest BCUT2D eigenvalue weighted by Gasteiger charge is -2.09. The molecule has 0 aliphatic carbocycles. The van der Waals surface area contributed by atoms with Crippen LogP contribution < -0.4 is 10.9 Å². The number of carboxylic acids is 1. The fourth-order valence-electron chi connectivity index (χ4n) is 3.17. The Morgan fingerprint density at radius 1 is 1.11 bits per heavy atom. The molecule has 6 heteroatoms. The van der Waals surface area contributed by atoms with Crippen molar-refractivity contribution >= 4 is 33.3 Å². The van der Waals surface area contributed by atoms with Crippen LogP contribution in [-0.4, -0.2) is 21.0 Å². The van der Waals surface area contributed by atoms with Crippen molar-refractivity contribution in [2.45, 2.75) is 13.5 Å². The highest BCUT2D eigenvalue weighted by molar-refractivity contribution is 6.05. The molecule has 0 aliphatic rings. The van der Waals surface area contributed by atoms with Crippen molar-refractivity contribution in [2.75, 3.05) is 5.32 Å². The number of fused-ring (bicyclic) bond motifs is 3. The number of rotatable bonds is 4. The molecule has 0 radical (unpaired) electrons. The molecule has 0 saturated heterocycles. The zero-order chi connectivity index (χ0) is 19.0. The van der Waals surface area contributed by atoms with E-state index in [2.05, 4.69) is 15.3 Å². The van der Waals surface area contributed by atoms with E-state index in [1.165, 1.54) is 0 Å². The van der Waals surface area contributed by atoms with Crippen molar-refractivity contribution in [1.82, 2.24) is 9.97 Å². The summed E-state index contributed by atoms with van der Waals surface area (Å²) in [7, 11) is 0. The summed E-state index contributed by atoms with van der Waals surface area (Å²) in [5.74, 6) is -0.355. The Bertz CT molecular complexity index is 1230. The Morgan fingerprint density at radius 2 is 1.85 bits per heavy atom. The monoisotopic (exact) mass is 359 g/mol. The van der Waals surface area contributed by atoms with Gasteiger partial charge in [0.15, 0.2) is 0 Å². The van der Waals surface area contributed by atoms with Crippen LogP contribution in [0.5, 0.6) is 0 Å². The van der Waals surface area contributed by atoms with Crippen LogP contribution in [0.4, 0.5) is 5.69 Å². The molecule has 6 nitrogen and oxygen atoms in total. The number of benzene rings is 3. The van der Waals surface area contributed by atoms with Crippen LogP contribution in [-0.2, 0) is 6.54 Å². The molecule has 0 spiro atoms. The van der Waals surface area contributed by atoms with Crippen LogP contribution >= 0.6 is 0 Å². The number of nitrogens with zero attached hydrogens (tertiary/aromatic N) is 1. The minimum absolute atomic E-state index is 0.141. The fraction of sp³-hybridized carbons (Fsp3) is 0.0952. The van der Waals surface area contributed by atoms with Gasteiger partial charge in [-0.15, -0.1) is 0 Å². The van der Waals surface area contributed by atoms with Gasteiger partial charge in [0.25, 0.3) is 5.56 Å². The van der Waals surface area contributed by atoms with Crippen LogP contribution in [0.2, 0.25) is 0 Å². The predicted molar refractivity (Wildman–Crippen MR) is 105 cm³/mol. The van der Waals surface area contributed by atoms with Gasteiger partial charge in [-0.2, -0.15) is 0 Å². The van der Waals surface area contributed by atoms with E-state index in [1.807, 2.05) is 30.3 Å². The van der Waals surface area contributed by atoms with Crippen molar-refractivity contribution < 1.29 is 9.90 Å². The number of carbonyl (C=O) groups is 1. The highest BCUT2D eigenvalue weighted by Gasteiger charge is 2.08. The molecular weight excluding hydrogens is 342 g/mol. The van der Waals surface area contributed by atoms with Gasteiger partial charge in [0, 0.05) is 12.2 Å². The van der Waals surface area contributed by atoms with E-state index < -0.39 is 5.97 Å². The first kappa shape index (κ1) is 16.8. The summed E-state index contributed by atoms with van der Waals surface area (Å²) < 4.78 is 0.